The summed E-state index contributed by atoms with van der Waals surface area (Å²) in [5, 5.41) is 3.15. The molecule has 0 aliphatic heterocycles. The van der Waals surface area contributed by atoms with Crippen molar-refractivity contribution in [1.29, 1.82) is 0 Å². The summed E-state index contributed by atoms with van der Waals surface area (Å²) in [7, 11) is 0. The van der Waals surface area contributed by atoms with E-state index in [0.717, 1.165) is 24.0 Å². The summed E-state index contributed by atoms with van der Waals surface area (Å²) in [4.78, 5) is 12.4. The standard InChI is InChI=1S/C22H25NO/c1-18(19-10-4-2-5-11-19)16-21(24)23-17-22(14-8-9-15-22)20-12-6-3-7-13-20/h2-7,10-13,16H,8-9,14-15,17H2,1H3,(H,23,24)/b18-16-. The van der Waals surface area contributed by atoms with Gasteiger partial charge in [0.05, 0.1) is 0 Å². The maximum Gasteiger partial charge on any atom is 0.244 e. The molecule has 0 unspecified atom stereocenters. The second-order valence-corrected chi connectivity index (χ2v) is 6.76. The van der Waals surface area contributed by atoms with Crippen LogP contribution in [0.5, 0.6) is 0 Å². The Kier molecular flexibility index (Phi) is 5.14. The summed E-state index contributed by atoms with van der Waals surface area (Å²) >= 11 is 0. The highest BCUT2D eigenvalue weighted by atomic mass is 16.1. The topological polar surface area (TPSA) is 29.1 Å². The fourth-order valence-corrected chi connectivity index (χ4v) is 3.70. The minimum atomic E-state index is -0.00133. The number of hydrogen-bond acceptors (Lipinski definition) is 1. The first-order chi connectivity index (χ1) is 11.7. The van der Waals surface area contributed by atoms with Gasteiger partial charge < -0.3 is 5.32 Å². The van der Waals surface area contributed by atoms with Crippen LogP contribution in [0.1, 0.15) is 43.7 Å². The molecule has 0 atom stereocenters. The zero-order valence-corrected chi connectivity index (χ0v) is 14.3. The van der Waals surface area contributed by atoms with Gasteiger partial charge >= 0.3 is 0 Å². The van der Waals surface area contributed by atoms with Crippen molar-refractivity contribution in [2.45, 2.75) is 38.0 Å². The van der Waals surface area contributed by atoms with Crippen LogP contribution in [0.4, 0.5) is 0 Å². The summed E-state index contributed by atoms with van der Waals surface area (Å²) in [6.45, 7) is 2.70. The fourth-order valence-electron chi connectivity index (χ4n) is 3.70. The van der Waals surface area contributed by atoms with Crippen molar-refractivity contribution >= 4 is 11.5 Å². The van der Waals surface area contributed by atoms with Crippen LogP contribution in [0.3, 0.4) is 0 Å². The number of hydrogen-bond donors (Lipinski definition) is 1. The second kappa shape index (κ2) is 7.48. The number of amides is 1. The fraction of sp³-hybridized carbons (Fsp3) is 0.318. The minimum absolute atomic E-state index is 0.00133. The Morgan fingerprint density at radius 3 is 2.21 bits per heavy atom. The third-order valence-electron chi connectivity index (χ3n) is 5.12. The molecule has 24 heavy (non-hydrogen) atoms. The normalized spacial score (nSPS) is 16.8. The zero-order chi connectivity index (χ0) is 16.8. The first kappa shape index (κ1) is 16.5. The Hall–Kier alpha value is -2.35. The predicted molar refractivity (Wildman–Crippen MR) is 99.7 cm³/mol. The molecule has 0 radical (unpaired) electrons. The van der Waals surface area contributed by atoms with Crippen molar-refractivity contribution < 1.29 is 4.79 Å². The van der Waals surface area contributed by atoms with Crippen molar-refractivity contribution in [2.75, 3.05) is 6.54 Å². The summed E-state index contributed by atoms with van der Waals surface area (Å²) in [5.74, 6) is -0.00133. The molecular weight excluding hydrogens is 294 g/mol. The first-order valence-corrected chi connectivity index (χ1v) is 8.77. The molecule has 2 aromatic rings. The van der Waals surface area contributed by atoms with Crippen LogP contribution in [0.15, 0.2) is 66.7 Å². The van der Waals surface area contributed by atoms with Gasteiger partial charge in [-0.15, -0.1) is 0 Å². The molecule has 1 aliphatic carbocycles. The first-order valence-electron chi connectivity index (χ1n) is 8.77. The van der Waals surface area contributed by atoms with Crippen molar-refractivity contribution in [3.05, 3.63) is 77.9 Å². The molecule has 1 fully saturated rings. The SMILES string of the molecule is C/C(=C/C(=O)NCC1(c2ccccc2)CCCC1)c1ccccc1. The van der Waals surface area contributed by atoms with E-state index in [1.807, 2.05) is 37.3 Å². The summed E-state index contributed by atoms with van der Waals surface area (Å²) in [5.41, 5.74) is 3.54. The number of benzene rings is 2. The van der Waals surface area contributed by atoms with E-state index in [1.165, 1.54) is 18.4 Å². The van der Waals surface area contributed by atoms with Crippen LogP contribution in [0, 0.1) is 0 Å². The van der Waals surface area contributed by atoms with Gasteiger partial charge in [0.2, 0.25) is 5.91 Å². The number of carbonyl (C=O) groups is 1. The van der Waals surface area contributed by atoms with E-state index in [0.29, 0.717) is 6.54 Å². The molecular formula is C22H25NO. The van der Waals surface area contributed by atoms with Gasteiger partial charge in [0, 0.05) is 18.0 Å². The van der Waals surface area contributed by atoms with E-state index in [-0.39, 0.29) is 11.3 Å². The lowest BCUT2D eigenvalue weighted by molar-refractivity contribution is -0.116. The monoisotopic (exact) mass is 319 g/mol. The summed E-state index contributed by atoms with van der Waals surface area (Å²) in [6.07, 6.45) is 6.49. The number of rotatable bonds is 5. The molecule has 0 bridgehead atoms. The lowest BCUT2D eigenvalue weighted by Crippen LogP contribution is -2.38. The van der Waals surface area contributed by atoms with Crippen LogP contribution in [0.25, 0.3) is 5.57 Å². The van der Waals surface area contributed by atoms with Gasteiger partial charge in [0.25, 0.3) is 0 Å². The second-order valence-electron chi connectivity index (χ2n) is 6.76. The molecule has 0 heterocycles. The van der Waals surface area contributed by atoms with Gasteiger partial charge in [0.1, 0.15) is 0 Å². The molecule has 3 rings (SSSR count). The van der Waals surface area contributed by atoms with Gasteiger partial charge in [-0.3, -0.25) is 4.79 Å². The molecule has 0 aromatic heterocycles. The Balaban J connectivity index is 1.68. The summed E-state index contributed by atoms with van der Waals surface area (Å²) < 4.78 is 0. The van der Waals surface area contributed by atoms with Crippen molar-refractivity contribution in [3.8, 4) is 0 Å². The maximum atomic E-state index is 12.4. The third kappa shape index (κ3) is 3.76. The highest BCUT2D eigenvalue weighted by Crippen LogP contribution is 2.40. The van der Waals surface area contributed by atoms with Crippen LogP contribution >= 0.6 is 0 Å². The van der Waals surface area contributed by atoms with Crippen LogP contribution < -0.4 is 5.32 Å². The van der Waals surface area contributed by atoms with Crippen LogP contribution in [0.2, 0.25) is 0 Å². The van der Waals surface area contributed by atoms with Gasteiger partial charge in [-0.1, -0.05) is 73.5 Å². The van der Waals surface area contributed by atoms with Gasteiger partial charge in [-0.2, -0.15) is 0 Å². The molecule has 2 aromatic carbocycles. The highest BCUT2D eigenvalue weighted by molar-refractivity contribution is 5.94. The van der Waals surface area contributed by atoms with E-state index in [9.17, 15) is 4.79 Å². The third-order valence-corrected chi connectivity index (χ3v) is 5.12. The van der Waals surface area contributed by atoms with Gasteiger partial charge in [0.15, 0.2) is 0 Å². The molecule has 1 aliphatic rings. The average Bonchev–Trinajstić information content (AvgIpc) is 3.12. The van der Waals surface area contributed by atoms with E-state index >= 15 is 0 Å². The van der Waals surface area contributed by atoms with Crippen LogP contribution in [-0.4, -0.2) is 12.5 Å². The molecule has 2 nitrogen and oxygen atoms in total. The minimum Gasteiger partial charge on any atom is -0.352 e. The average molecular weight is 319 g/mol. The van der Waals surface area contributed by atoms with Gasteiger partial charge in [-0.25, -0.2) is 0 Å². The zero-order valence-electron chi connectivity index (χ0n) is 14.3. The Bertz CT molecular complexity index is 697. The molecule has 2 heteroatoms. The molecule has 0 spiro atoms. The summed E-state index contributed by atoms with van der Waals surface area (Å²) in [6, 6.07) is 20.7. The molecule has 1 saturated carbocycles. The Labute approximate surface area is 144 Å². The smallest absolute Gasteiger partial charge is 0.244 e. The molecule has 0 saturated heterocycles. The van der Waals surface area contributed by atoms with Crippen LogP contribution in [-0.2, 0) is 10.2 Å². The quantitative estimate of drug-likeness (QED) is 0.794. The highest BCUT2D eigenvalue weighted by Gasteiger charge is 2.35. The lowest BCUT2D eigenvalue weighted by Gasteiger charge is -2.29. The lowest BCUT2D eigenvalue weighted by atomic mass is 9.79. The Morgan fingerprint density at radius 1 is 1.00 bits per heavy atom. The largest absolute Gasteiger partial charge is 0.352 e. The molecule has 1 N–H and O–H groups in total. The molecule has 124 valence electrons. The molecule has 1 amide bonds. The van der Waals surface area contributed by atoms with Crippen molar-refractivity contribution in [1.82, 2.24) is 5.32 Å². The number of carbonyl (C=O) groups excluding carboxylic acids is 1. The van der Waals surface area contributed by atoms with Crippen molar-refractivity contribution in [2.24, 2.45) is 0 Å². The maximum absolute atomic E-state index is 12.4. The van der Waals surface area contributed by atoms with Gasteiger partial charge in [-0.05, 0) is 36.5 Å². The van der Waals surface area contributed by atoms with E-state index in [1.54, 1.807) is 6.08 Å². The number of allylic oxidation sites excluding steroid dienone is 1. The Morgan fingerprint density at radius 2 is 1.58 bits per heavy atom. The van der Waals surface area contributed by atoms with Crippen molar-refractivity contribution in [3.63, 3.8) is 0 Å². The van der Waals surface area contributed by atoms with E-state index in [2.05, 4.69) is 35.6 Å². The van der Waals surface area contributed by atoms with E-state index in [4.69, 9.17) is 0 Å². The predicted octanol–water partition coefficient (Wildman–Crippen LogP) is 4.72. The number of nitrogens with one attached hydrogen (secondary N) is 1. The van der Waals surface area contributed by atoms with E-state index < -0.39 is 0 Å².